The molecule has 0 aromatic carbocycles. The van der Waals surface area contributed by atoms with Crippen LogP contribution < -0.4 is 0 Å². The quantitative estimate of drug-likeness (QED) is 0.501. The van der Waals surface area contributed by atoms with Crippen molar-refractivity contribution in [3.8, 4) is 0 Å². The Kier molecular flexibility index (Phi) is 3.67. The summed E-state index contributed by atoms with van der Waals surface area (Å²) < 4.78 is 11.6. The molecule has 0 bridgehead atoms. The molecule has 1 radical (unpaired) electrons. The Labute approximate surface area is 44.0 Å². The first-order valence-electron chi connectivity index (χ1n) is 2.45. The molecule has 41 valence electrons. The van der Waals surface area contributed by atoms with Crippen molar-refractivity contribution in [1.29, 1.82) is 0 Å². The zero-order valence-electron chi connectivity index (χ0n) is 4.58. The Morgan fingerprint density at radius 1 is 1.86 bits per heavy atom. The Balaban J connectivity index is 3.08. The van der Waals surface area contributed by atoms with E-state index in [9.17, 15) is 4.39 Å². The Morgan fingerprint density at radius 2 is 2.43 bits per heavy atom. The third-order valence-electron chi connectivity index (χ3n) is 0.655. The van der Waals surface area contributed by atoms with Crippen molar-refractivity contribution < 1.29 is 4.39 Å². The fourth-order valence-corrected chi connectivity index (χ4v) is 0.301. The summed E-state index contributed by atoms with van der Waals surface area (Å²) in [6, 6.07) is 0. The molecule has 1 heteroatoms. The van der Waals surface area contributed by atoms with Gasteiger partial charge in [-0.05, 0) is 6.42 Å². The van der Waals surface area contributed by atoms with E-state index < -0.39 is 0 Å². The van der Waals surface area contributed by atoms with E-state index in [1.54, 1.807) is 0 Å². The minimum absolute atomic E-state index is 0.318. The highest BCUT2D eigenvalue weighted by atomic mass is 19.1. The van der Waals surface area contributed by atoms with Crippen LogP contribution in [0.2, 0.25) is 0 Å². The lowest BCUT2D eigenvalue weighted by atomic mass is 10.3. The van der Waals surface area contributed by atoms with Crippen LogP contribution in [0.15, 0.2) is 11.9 Å². The number of unbranched alkanes of at least 4 members (excludes halogenated alkanes) is 1. The first-order chi connectivity index (χ1) is 3.27. The van der Waals surface area contributed by atoms with Gasteiger partial charge in [-0.3, -0.25) is 0 Å². The smallest absolute Gasteiger partial charge is 0.0964 e. The van der Waals surface area contributed by atoms with Crippen LogP contribution in [0.3, 0.4) is 0 Å². The van der Waals surface area contributed by atoms with Gasteiger partial charge in [0.15, 0.2) is 0 Å². The largest absolute Gasteiger partial charge is 0.212 e. The van der Waals surface area contributed by atoms with Crippen molar-refractivity contribution in [2.75, 3.05) is 0 Å². The maximum absolute atomic E-state index is 11.6. The summed E-state index contributed by atoms with van der Waals surface area (Å²) >= 11 is 0. The van der Waals surface area contributed by atoms with Crippen LogP contribution >= 0.6 is 0 Å². The van der Waals surface area contributed by atoms with Crippen molar-refractivity contribution in [3.05, 3.63) is 18.8 Å². The van der Waals surface area contributed by atoms with E-state index >= 15 is 0 Å². The monoisotopic (exact) mass is 101 g/mol. The molecule has 0 saturated heterocycles. The number of halogens is 1. The van der Waals surface area contributed by atoms with Gasteiger partial charge in [-0.25, -0.2) is 4.39 Å². The number of hydrogen-bond donors (Lipinski definition) is 0. The summed E-state index contributed by atoms with van der Waals surface area (Å²) in [6.07, 6.45) is 3.28. The van der Waals surface area contributed by atoms with Crippen LogP contribution in [-0.4, -0.2) is 0 Å². The van der Waals surface area contributed by atoms with Crippen molar-refractivity contribution in [2.24, 2.45) is 0 Å². The lowest BCUT2D eigenvalue weighted by Crippen LogP contribution is -1.62. The van der Waals surface area contributed by atoms with Gasteiger partial charge < -0.3 is 0 Å². The average Bonchev–Trinajstić information content (AvgIpc) is 1.61. The molecule has 0 unspecified atom stereocenters. The minimum atomic E-state index is -0.318. The molecule has 0 N–H and O–H groups in total. The Bertz CT molecular complexity index is 60.6. The maximum atomic E-state index is 11.6. The third-order valence-corrected chi connectivity index (χ3v) is 0.655. The molecule has 0 aromatic heterocycles. The van der Waals surface area contributed by atoms with E-state index in [4.69, 9.17) is 0 Å². The molecule has 0 atom stereocenters. The molecule has 7 heavy (non-hydrogen) atoms. The van der Waals surface area contributed by atoms with Crippen LogP contribution in [0.25, 0.3) is 0 Å². The summed E-state index contributed by atoms with van der Waals surface area (Å²) in [6.45, 7) is 5.07. The second-order valence-corrected chi connectivity index (χ2v) is 1.44. The summed E-state index contributed by atoms with van der Waals surface area (Å²) in [7, 11) is 0. The molecule has 0 aliphatic carbocycles. The van der Waals surface area contributed by atoms with Gasteiger partial charge in [0.25, 0.3) is 0 Å². The highest BCUT2D eigenvalue weighted by Crippen LogP contribution is 1.96. The molecule has 0 fully saturated rings. The van der Waals surface area contributed by atoms with Gasteiger partial charge in [-0.15, -0.1) is 0 Å². The lowest BCUT2D eigenvalue weighted by molar-refractivity contribution is 0.656. The van der Waals surface area contributed by atoms with Gasteiger partial charge in [0.05, 0.1) is 5.83 Å². The zero-order chi connectivity index (χ0) is 5.70. The van der Waals surface area contributed by atoms with Crippen molar-refractivity contribution >= 4 is 0 Å². The lowest BCUT2D eigenvalue weighted by Gasteiger charge is -1.81. The molecule has 0 spiro atoms. The average molecular weight is 101 g/mol. The second kappa shape index (κ2) is 3.85. The first-order valence-corrected chi connectivity index (χ1v) is 2.45. The summed E-state index contributed by atoms with van der Waals surface area (Å²) in [5.74, 6) is -0.318. The van der Waals surface area contributed by atoms with Gasteiger partial charge in [-0.2, -0.15) is 0 Å². The van der Waals surface area contributed by atoms with E-state index in [1.807, 2.05) is 6.92 Å². The Hall–Kier alpha value is -0.330. The highest BCUT2D eigenvalue weighted by Gasteiger charge is 1.77. The second-order valence-electron chi connectivity index (χ2n) is 1.44. The summed E-state index contributed by atoms with van der Waals surface area (Å²) in [5.41, 5.74) is 0. The van der Waals surface area contributed by atoms with Crippen LogP contribution in [0, 0.1) is 6.92 Å². The van der Waals surface area contributed by atoms with E-state index in [-0.39, 0.29) is 5.83 Å². The maximum Gasteiger partial charge on any atom is 0.0964 e. The van der Waals surface area contributed by atoms with Crippen LogP contribution in [0.5, 0.6) is 0 Å². The molecule has 0 rings (SSSR count). The third kappa shape index (κ3) is 5.67. The fourth-order valence-electron chi connectivity index (χ4n) is 0.301. The van der Waals surface area contributed by atoms with E-state index in [0.717, 1.165) is 12.8 Å². The molecule has 0 nitrogen and oxygen atoms in total. The number of hydrogen-bond acceptors (Lipinski definition) is 0. The predicted octanol–water partition coefficient (Wildman–Crippen LogP) is 2.47. The first kappa shape index (κ1) is 6.67. The minimum Gasteiger partial charge on any atom is -0.212 e. The number of rotatable bonds is 2. The normalized spacial score (nSPS) is 12.1. The fraction of sp³-hybridized carbons (Fsp3) is 0.500. The molecule has 0 amide bonds. The van der Waals surface area contributed by atoms with Crippen LogP contribution in [-0.2, 0) is 0 Å². The Morgan fingerprint density at radius 3 is 2.57 bits per heavy atom. The van der Waals surface area contributed by atoms with E-state index in [1.165, 1.54) is 6.08 Å². The van der Waals surface area contributed by atoms with Gasteiger partial charge in [0.2, 0.25) is 0 Å². The van der Waals surface area contributed by atoms with Gasteiger partial charge in [-0.1, -0.05) is 19.4 Å². The standard InChI is InChI=1S/C6H10F/c1-3-4-5-6(2)7/h5H,2-4H2,1H3/b6-5+. The molecule has 0 aliphatic heterocycles. The molecule has 0 aromatic rings. The van der Waals surface area contributed by atoms with Crippen molar-refractivity contribution in [1.82, 2.24) is 0 Å². The van der Waals surface area contributed by atoms with Crippen molar-refractivity contribution in [2.45, 2.75) is 19.8 Å². The van der Waals surface area contributed by atoms with Crippen LogP contribution in [0.4, 0.5) is 4.39 Å². The van der Waals surface area contributed by atoms with Gasteiger partial charge in [0, 0.05) is 6.92 Å². The highest BCUT2D eigenvalue weighted by molar-refractivity contribution is 4.93. The summed E-state index contributed by atoms with van der Waals surface area (Å²) in [5, 5.41) is 0. The molecular formula is C6H10F. The summed E-state index contributed by atoms with van der Waals surface area (Å²) in [4.78, 5) is 0. The van der Waals surface area contributed by atoms with E-state index in [0.29, 0.717) is 0 Å². The topological polar surface area (TPSA) is 0 Å². The molecular weight excluding hydrogens is 91.1 g/mol. The van der Waals surface area contributed by atoms with E-state index in [2.05, 4.69) is 6.92 Å². The number of allylic oxidation sites excluding steroid dienone is 2. The van der Waals surface area contributed by atoms with Gasteiger partial charge in [0.1, 0.15) is 0 Å². The molecule has 0 saturated carbocycles. The van der Waals surface area contributed by atoms with Crippen molar-refractivity contribution in [3.63, 3.8) is 0 Å². The molecule has 0 aliphatic rings. The molecule has 0 heterocycles. The SMILES string of the molecule is [CH2]/C(F)=C\CCC. The van der Waals surface area contributed by atoms with Crippen LogP contribution in [0.1, 0.15) is 19.8 Å². The van der Waals surface area contributed by atoms with Gasteiger partial charge >= 0.3 is 0 Å². The predicted molar refractivity (Wildman–Crippen MR) is 29.5 cm³/mol. The zero-order valence-corrected chi connectivity index (χ0v) is 4.58.